The van der Waals surface area contributed by atoms with Gasteiger partial charge in [0.05, 0.1) is 6.04 Å². The van der Waals surface area contributed by atoms with E-state index in [-0.39, 0.29) is 29.5 Å². The minimum atomic E-state index is -0.374. The quantitative estimate of drug-likeness (QED) is 0.390. The fourth-order valence-electron chi connectivity index (χ4n) is 3.52. The maximum atomic E-state index is 14.4. The molecule has 4 aromatic rings. The molecular formula is C26H24F2N4O. The Bertz CT molecular complexity index is 1280. The summed E-state index contributed by atoms with van der Waals surface area (Å²) in [5, 5.41) is 7.55. The fourth-order valence-corrected chi connectivity index (χ4v) is 3.52. The van der Waals surface area contributed by atoms with Gasteiger partial charge in [0.15, 0.2) is 0 Å². The second-order valence-corrected chi connectivity index (χ2v) is 8.15. The molecule has 0 saturated heterocycles. The molecule has 7 heteroatoms. The van der Waals surface area contributed by atoms with Gasteiger partial charge in [-0.3, -0.25) is 9.48 Å². The molecule has 4 rings (SSSR count). The average Bonchev–Trinajstić information content (AvgIpc) is 3.25. The number of aromatic nitrogens is 3. The molecule has 1 N–H and O–H groups in total. The Balaban J connectivity index is 1.81. The van der Waals surface area contributed by atoms with E-state index in [0.717, 1.165) is 16.7 Å². The summed E-state index contributed by atoms with van der Waals surface area (Å²) in [4.78, 5) is 16.4. The summed E-state index contributed by atoms with van der Waals surface area (Å²) in [6.45, 7) is 5.48. The Morgan fingerprint density at radius 2 is 1.70 bits per heavy atom. The minimum Gasteiger partial charge on any atom is -0.310 e. The van der Waals surface area contributed by atoms with Gasteiger partial charge in [-0.1, -0.05) is 32.0 Å². The third-order valence-electron chi connectivity index (χ3n) is 5.45. The number of nitrogens with one attached hydrogen (secondary N) is 1. The van der Waals surface area contributed by atoms with Crippen molar-refractivity contribution in [1.29, 1.82) is 0 Å². The van der Waals surface area contributed by atoms with Gasteiger partial charge in [0.25, 0.3) is 0 Å². The second kappa shape index (κ2) is 9.32. The first kappa shape index (κ1) is 22.3. The Labute approximate surface area is 191 Å². The molecule has 0 fully saturated rings. The normalized spacial score (nSPS) is 12.1. The van der Waals surface area contributed by atoms with E-state index < -0.39 is 0 Å². The maximum Gasteiger partial charge on any atom is 0.228 e. The van der Waals surface area contributed by atoms with Crippen LogP contribution in [0.3, 0.4) is 0 Å². The van der Waals surface area contributed by atoms with Crippen LogP contribution in [0.5, 0.6) is 0 Å². The molecule has 1 atom stereocenters. The third-order valence-corrected chi connectivity index (χ3v) is 5.45. The number of carbonyl (C=O) groups excluding carboxylic acids is 1. The Kier molecular flexibility index (Phi) is 6.31. The molecule has 2 heterocycles. The zero-order valence-corrected chi connectivity index (χ0v) is 18.6. The van der Waals surface area contributed by atoms with Crippen LogP contribution in [-0.4, -0.2) is 20.7 Å². The molecule has 0 spiro atoms. The molecule has 2 aromatic carbocycles. The first-order valence-electron chi connectivity index (χ1n) is 10.7. The molecule has 0 bridgehead atoms. The molecule has 0 saturated carbocycles. The molecule has 0 radical (unpaired) electrons. The number of benzene rings is 2. The van der Waals surface area contributed by atoms with E-state index in [1.807, 2.05) is 19.2 Å². The predicted molar refractivity (Wildman–Crippen MR) is 125 cm³/mol. The highest BCUT2D eigenvalue weighted by Crippen LogP contribution is 2.34. The predicted octanol–water partition coefficient (Wildman–Crippen LogP) is 6.09. The summed E-state index contributed by atoms with van der Waals surface area (Å²) in [5.74, 6) is -0.557. The van der Waals surface area contributed by atoms with Crippen LogP contribution in [0.2, 0.25) is 0 Å². The van der Waals surface area contributed by atoms with Gasteiger partial charge >= 0.3 is 0 Å². The van der Waals surface area contributed by atoms with Crippen molar-refractivity contribution >= 4 is 11.7 Å². The van der Waals surface area contributed by atoms with Gasteiger partial charge in [0.1, 0.15) is 23.1 Å². The molecule has 0 aliphatic carbocycles. The number of carbonyl (C=O) groups is 1. The Morgan fingerprint density at radius 3 is 2.39 bits per heavy atom. The number of hydrogen-bond acceptors (Lipinski definition) is 3. The lowest BCUT2D eigenvalue weighted by molar-refractivity contribution is -0.118. The molecule has 0 aliphatic rings. The summed E-state index contributed by atoms with van der Waals surface area (Å²) in [5.41, 5.74) is 3.38. The van der Waals surface area contributed by atoms with E-state index in [0.29, 0.717) is 17.1 Å². The van der Waals surface area contributed by atoms with Crippen molar-refractivity contribution in [2.45, 2.75) is 26.8 Å². The number of pyridine rings is 1. The molecule has 2 aromatic heterocycles. The van der Waals surface area contributed by atoms with Gasteiger partial charge in [0.2, 0.25) is 5.91 Å². The lowest BCUT2D eigenvalue weighted by Gasteiger charge is -2.13. The molecule has 5 nitrogen and oxygen atoms in total. The van der Waals surface area contributed by atoms with Crippen LogP contribution in [0.4, 0.5) is 14.6 Å². The van der Waals surface area contributed by atoms with E-state index >= 15 is 0 Å². The van der Waals surface area contributed by atoms with Crippen LogP contribution >= 0.6 is 0 Å². The number of rotatable bonds is 6. The van der Waals surface area contributed by atoms with Crippen molar-refractivity contribution < 1.29 is 13.6 Å². The van der Waals surface area contributed by atoms with Crippen LogP contribution in [-0.2, 0) is 4.79 Å². The van der Waals surface area contributed by atoms with Crippen molar-refractivity contribution in [1.82, 2.24) is 14.8 Å². The maximum absolute atomic E-state index is 14.4. The van der Waals surface area contributed by atoms with Gasteiger partial charge in [-0.2, -0.15) is 5.10 Å². The van der Waals surface area contributed by atoms with Gasteiger partial charge in [-0.15, -0.1) is 0 Å². The summed E-state index contributed by atoms with van der Waals surface area (Å²) in [7, 11) is 0. The van der Waals surface area contributed by atoms with E-state index in [1.165, 1.54) is 18.2 Å². The Morgan fingerprint density at radius 1 is 0.970 bits per heavy atom. The van der Waals surface area contributed by atoms with Crippen molar-refractivity contribution in [2.24, 2.45) is 5.92 Å². The van der Waals surface area contributed by atoms with Gasteiger partial charge in [0, 0.05) is 35.0 Å². The number of halogens is 2. The zero-order valence-electron chi connectivity index (χ0n) is 18.6. The first-order chi connectivity index (χ1) is 15.8. The SMILES string of the molecule is CC(C)C(=O)Nc1cc(-c2cn(C(C)c3ccccc3F)nc2-c2ccc(F)cc2)ccn1. The highest BCUT2D eigenvalue weighted by molar-refractivity contribution is 5.92. The van der Waals surface area contributed by atoms with Gasteiger partial charge < -0.3 is 5.32 Å². The standard InChI is InChI=1S/C26H24F2N4O/c1-16(2)26(33)30-24-14-19(12-13-29-24)22-15-32(17(3)21-6-4-5-7-23(21)28)31-25(22)18-8-10-20(27)11-9-18/h4-17H,1-3H3,(H,29,30,33). The molecule has 1 unspecified atom stereocenters. The summed E-state index contributed by atoms with van der Waals surface area (Å²) in [6.07, 6.45) is 3.44. The Hall–Kier alpha value is -3.87. The summed E-state index contributed by atoms with van der Waals surface area (Å²) >= 11 is 0. The molecule has 168 valence electrons. The lowest BCUT2D eigenvalue weighted by Crippen LogP contribution is -2.18. The number of amides is 1. The number of hydrogen-bond donors (Lipinski definition) is 1. The molecular weight excluding hydrogens is 422 g/mol. The zero-order chi connectivity index (χ0) is 23.5. The van der Waals surface area contributed by atoms with Crippen LogP contribution in [0.15, 0.2) is 73.1 Å². The molecule has 0 aliphatic heterocycles. The largest absolute Gasteiger partial charge is 0.310 e. The second-order valence-electron chi connectivity index (χ2n) is 8.15. The van der Waals surface area contributed by atoms with Crippen molar-refractivity contribution in [3.05, 3.63) is 90.3 Å². The van der Waals surface area contributed by atoms with E-state index in [4.69, 9.17) is 5.10 Å². The minimum absolute atomic E-state index is 0.137. The average molecular weight is 447 g/mol. The van der Waals surface area contributed by atoms with E-state index in [2.05, 4.69) is 10.3 Å². The smallest absolute Gasteiger partial charge is 0.228 e. The lowest BCUT2D eigenvalue weighted by atomic mass is 10.0. The van der Waals surface area contributed by atoms with Crippen molar-refractivity contribution in [3.8, 4) is 22.4 Å². The van der Waals surface area contributed by atoms with Crippen molar-refractivity contribution in [3.63, 3.8) is 0 Å². The van der Waals surface area contributed by atoms with Crippen LogP contribution in [0, 0.1) is 17.6 Å². The van der Waals surface area contributed by atoms with Gasteiger partial charge in [-0.05, 0) is 55.0 Å². The van der Waals surface area contributed by atoms with Crippen LogP contribution in [0.1, 0.15) is 32.4 Å². The van der Waals surface area contributed by atoms with Crippen molar-refractivity contribution in [2.75, 3.05) is 5.32 Å². The number of anilines is 1. The molecule has 33 heavy (non-hydrogen) atoms. The van der Waals surface area contributed by atoms with E-state index in [1.54, 1.807) is 61.1 Å². The summed E-state index contributed by atoms with van der Waals surface area (Å²) < 4.78 is 29.7. The van der Waals surface area contributed by atoms with Crippen LogP contribution < -0.4 is 5.32 Å². The third kappa shape index (κ3) is 4.82. The highest BCUT2D eigenvalue weighted by Gasteiger charge is 2.19. The highest BCUT2D eigenvalue weighted by atomic mass is 19.1. The summed E-state index contributed by atoms with van der Waals surface area (Å²) in [6, 6.07) is 15.8. The number of nitrogens with zero attached hydrogens (tertiary/aromatic N) is 3. The van der Waals surface area contributed by atoms with E-state index in [9.17, 15) is 13.6 Å². The van der Waals surface area contributed by atoms with Gasteiger partial charge in [-0.25, -0.2) is 13.8 Å². The first-order valence-corrected chi connectivity index (χ1v) is 10.7. The topological polar surface area (TPSA) is 59.8 Å². The monoisotopic (exact) mass is 446 g/mol. The van der Waals surface area contributed by atoms with Crippen LogP contribution in [0.25, 0.3) is 22.4 Å². The fraction of sp³-hybridized carbons (Fsp3) is 0.192. The molecule has 1 amide bonds.